The lowest BCUT2D eigenvalue weighted by Gasteiger charge is -2.27. The second kappa shape index (κ2) is 8.33. The summed E-state index contributed by atoms with van der Waals surface area (Å²) in [5, 5.41) is 0.389. The molecule has 120 valence electrons. The largest absolute Gasteiger partial charge is 0.742 e. The average molecular weight is 324 g/mol. The molecule has 0 saturated carbocycles. The molecule has 0 N–H and O–H groups in total. The van der Waals surface area contributed by atoms with Gasteiger partial charge in [-0.15, -0.1) is 0 Å². The van der Waals surface area contributed by atoms with Crippen LogP contribution in [0.3, 0.4) is 0 Å². The van der Waals surface area contributed by atoms with Gasteiger partial charge in [-0.05, 0) is 0 Å². The van der Waals surface area contributed by atoms with Gasteiger partial charge >= 0.3 is 8.80 Å². The zero-order chi connectivity index (χ0) is 16.6. The molecular weight excluding hydrogens is 304 g/mol. The molecule has 1 rings (SSSR count). The maximum absolute atomic E-state index is 11.8. The maximum Gasteiger partial charge on any atom is 0.742 e. The summed E-state index contributed by atoms with van der Waals surface area (Å²) in [5.41, 5.74) is 0. The molecule has 1 aromatic carbocycles. The van der Waals surface area contributed by atoms with Gasteiger partial charge in [-0.25, -0.2) is 0 Å². The standard InChI is InChI=1S/C15H20O6Si/c1-4-13(16)19-22(20-14(17)5-2,21-15(18)6-3)12-10-8-7-9-11-12/h7-11H,4-6H2,1-3H3. The second-order valence-electron chi connectivity index (χ2n) is 4.41. The molecule has 1 aromatic rings. The molecule has 0 aliphatic carbocycles. The van der Waals surface area contributed by atoms with Crippen LogP contribution in [0.4, 0.5) is 0 Å². The minimum Gasteiger partial charge on any atom is -0.452 e. The summed E-state index contributed by atoms with van der Waals surface area (Å²) in [4.78, 5) is 35.3. The van der Waals surface area contributed by atoms with Crippen molar-refractivity contribution >= 4 is 31.9 Å². The van der Waals surface area contributed by atoms with Crippen LogP contribution in [-0.4, -0.2) is 26.7 Å². The van der Waals surface area contributed by atoms with Crippen LogP contribution < -0.4 is 5.19 Å². The highest BCUT2D eigenvalue weighted by molar-refractivity contribution is 6.79. The van der Waals surface area contributed by atoms with Crippen LogP contribution in [0.1, 0.15) is 40.0 Å². The van der Waals surface area contributed by atoms with Gasteiger partial charge < -0.3 is 13.3 Å². The summed E-state index contributed by atoms with van der Waals surface area (Å²) in [6, 6.07) is 8.36. The van der Waals surface area contributed by atoms with Crippen molar-refractivity contribution in [3.8, 4) is 0 Å². The van der Waals surface area contributed by atoms with E-state index in [-0.39, 0.29) is 19.3 Å². The van der Waals surface area contributed by atoms with Gasteiger partial charge in [0.2, 0.25) is 0 Å². The van der Waals surface area contributed by atoms with Crippen molar-refractivity contribution in [1.82, 2.24) is 0 Å². The van der Waals surface area contributed by atoms with E-state index in [9.17, 15) is 14.4 Å². The van der Waals surface area contributed by atoms with Crippen LogP contribution in [0.5, 0.6) is 0 Å². The number of hydrogen-bond donors (Lipinski definition) is 0. The van der Waals surface area contributed by atoms with Gasteiger partial charge in [-0.2, -0.15) is 0 Å². The van der Waals surface area contributed by atoms with Crippen molar-refractivity contribution < 1.29 is 27.7 Å². The molecule has 0 saturated heterocycles. The fourth-order valence-electron chi connectivity index (χ4n) is 1.55. The first-order valence-electron chi connectivity index (χ1n) is 7.18. The summed E-state index contributed by atoms with van der Waals surface area (Å²) in [5.74, 6) is -1.78. The molecule has 0 aliphatic rings. The second-order valence-corrected chi connectivity index (χ2v) is 6.71. The van der Waals surface area contributed by atoms with Crippen molar-refractivity contribution in [3.63, 3.8) is 0 Å². The Morgan fingerprint density at radius 3 is 1.45 bits per heavy atom. The number of rotatable bonds is 7. The molecule has 0 radical (unpaired) electrons. The van der Waals surface area contributed by atoms with Gasteiger partial charge in [0.15, 0.2) is 0 Å². The predicted octanol–water partition coefficient (Wildman–Crippen LogP) is 1.69. The van der Waals surface area contributed by atoms with E-state index < -0.39 is 26.7 Å². The monoisotopic (exact) mass is 324 g/mol. The van der Waals surface area contributed by atoms with E-state index >= 15 is 0 Å². The summed E-state index contributed by atoms with van der Waals surface area (Å²) in [7, 11) is -3.97. The number of hydrogen-bond acceptors (Lipinski definition) is 6. The van der Waals surface area contributed by atoms with Crippen molar-refractivity contribution in [2.24, 2.45) is 0 Å². The zero-order valence-electron chi connectivity index (χ0n) is 13.0. The molecular formula is C15H20O6Si. The van der Waals surface area contributed by atoms with Gasteiger partial charge in [0.1, 0.15) is 0 Å². The number of carbonyl (C=O) groups is 3. The van der Waals surface area contributed by atoms with E-state index in [4.69, 9.17) is 13.3 Å². The van der Waals surface area contributed by atoms with Crippen LogP contribution in [0.15, 0.2) is 30.3 Å². The third-order valence-electron chi connectivity index (χ3n) is 2.74. The van der Waals surface area contributed by atoms with E-state index in [1.807, 2.05) is 0 Å². The van der Waals surface area contributed by atoms with Crippen molar-refractivity contribution in [3.05, 3.63) is 30.3 Å². The quantitative estimate of drug-likeness (QED) is 0.710. The summed E-state index contributed by atoms with van der Waals surface area (Å²) in [6.45, 7) is 4.82. The lowest BCUT2D eigenvalue weighted by Crippen LogP contribution is -2.59. The van der Waals surface area contributed by atoms with Crippen molar-refractivity contribution in [1.29, 1.82) is 0 Å². The average Bonchev–Trinajstić information content (AvgIpc) is 2.54. The number of carbonyl (C=O) groups excluding carboxylic acids is 3. The molecule has 0 aliphatic heterocycles. The summed E-state index contributed by atoms with van der Waals surface area (Å²) >= 11 is 0. The van der Waals surface area contributed by atoms with Crippen molar-refractivity contribution in [2.75, 3.05) is 0 Å². The van der Waals surface area contributed by atoms with Crippen LogP contribution in [0.2, 0.25) is 0 Å². The fourth-order valence-corrected chi connectivity index (χ4v) is 3.96. The van der Waals surface area contributed by atoms with E-state index in [1.54, 1.807) is 51.1 Å². The van der Waals surface area contributed by atoms with Gasteiger partial charge in [-0.3, -0.25) is 14.4 Å². The lowest BCUT2D eigenvalue weighted by molar-refractivity contribution is -0.149. The molecule has 0 unspecified atom stereocenters. The van der Waals surface area contributed by atoms with Crippen LogP contribution in [0.25, 0.3) is 0 Å². The lowest BCUT2D eigenvalue weighted by atomic mass is 10.4. The van der Waals surface area contributed by atoms with Crippen LogP contribution in [0, 0.1) is 0 Å². The molecule has 7 heteroatoms. The Balaban J connectivity index is 3.30. The molecule has 0 spiro atoms. The van der Waals surface area contributed by atoms with E-state index in [1.165, 1.54) is 0 Å². The Hall–Kier alpha value is -2.15. The normalized spacial score (nSPS) is 10.7. The predicted molar refractivity (Wildman–Crippen MR) is 81.0 cm³/mol. The molecule has 0 atom stereocenters. The highest BCUT2D eigenvalue weighted by Crippen LogP contribution is 2.14. The maximum atomic E-state index is 11.8. The zero-order valence-corrected chi connectivity index (χ0v) is 14.0. The minimum absolute atomic E-state index is 0.0783. The van der Waals surface area contributed by atoms with Crippen LogP contribution >= 0.6 is 0 Å². The molecule has 0 bridgehead atoms. The van der Waals surface area contributed by atoms with E-state index in [0.29, 0.717) is 5.19 Å². The topological polar surface area (TPSA) is 78.9 Å². The SMILES string of the molecule is CCC(=O)O[Si](OC(=O)CC)(OC(=O)CC)c1ccccc1. The van der Waals surface area contributed by atoms with Gasteiger partial charge in [-0.1, -0.05) is 51.1 Å². The van der Waals surface area contributed by atoms with E-state index in [2.05, 4.69) is 0 Å². The highest BCUT2D eigenvalue weighted by Gasteiger charge is 2.55. The van der Waals surface area contributed by atoms with Crippen molar-refractivity contribution in [2.45, 2.75) is 40.0 Å². The third-order valence-corrected chi connectivity index (χ3v) is 5.27. The molecule has 0 fully saturated rings. The fraction of sp³-hybridized carbons (Fsp3) is 0.400. The Kier molecular flexibility index (Phi) is 6.78. The molecule has 6 nitrogen and oxygen atoms in total. The smallest absolute Gasteiger partial charge is 0.452 e. The third kappa shape index (κ3) is 4.69. The summed E-state index contributed by atoms with van der Waals surface area (Å²) < 4.78 is 16.0. The first kappa shape index (κ1) is 17.9. The minimum atomic E-state index is -3.97. The molecule has 22 heavy (non-hydrogen) atoms. The number of benzene rings is 1. The Morgan fingerprint density at radius 1 is 0.773 bits per heavy atom. The summed E-state index contributed by atoms with van der Waals surface area (Å²) in [6.07, 6.45) is 0.235. The van der Waals surface area contributed by atoms with Gasteiger partial charge in [0.25, 0.3) is 17.9 Å². The van der Waals surface area contributed by atoms with Gasteiger partial charge in [0, 0.05) is 19.3 Å². The van der Waals surface area contributed by atoms with Crippen LogP contribution in [-0.2, 0) is 27.7 Å². The Bertz CT molecular complexity index is 483. The van der Waals surface area contributed by atoms with Gasteiger partial charge in [0.05, 0.1) is 5.19 Å². The first-order valence-corrected chi connectivity index (χ1v) is 8.90. The molecule has 0 aromatic heterocycles. The first-order chi connectivity index (χ1) is 10.5. The van der Waals surface area contributed by atoms with E-state index in [0.717, 1.165) is 0 Å². The Labute approximate surface area is 130 Å². The molecule has 0 heterocycles. The Morgan fingerprint density at radius 2 is 1.14 bits per heavy atom. The molecule has 0 amide bonds. The highest BCUT2D eigenvalue weighted by atomic mass is 28.4.